The summed E-state index contributed by atoms with van der Waals surface area (Å²) in [5.74, 6) is 0.253. The van der Waals surface area contributed by atoms with Gasteiger partial charge in [-0.05, 0) is 18.2 Å². The van der Waals surface area contributed by atoms with Crippen LogP contribution in [0.5, 0.6) is 0 Å². The minimum absolute atomic E-state index is 0.0776. The van der Waals surface area contributed by atoms with Crippen LogP contribution in [-0.4, -0.2) is 40.0 Å². The van der Waals surface area contributed by atoms with E-state index < -0.39 is 5.97 Å². The van der Waals surface area contributed by atoms with Crippen LogP contribution in [-0.2, 0) is 16.1 Å². The van der Waals surface area contributed by atoms with E-state index in [0.29, 0.717) is 11.6 Å². The smallest absolute Gasteiger partial charge is 0.331 e. The van der Waals surface area contributed by atoms with Gasteiger partial charge < -0.3 is 15.4 Å². The van der Waals surface area contributed by atoms with Gasteiger partial charge in [0.15, 0.2) is 12.4 Å². The molecular formula is C14H16N6O2. The number of carbonyl (C=O) groups is 1. The summed E-state index contributed by atoms with van der Waals surface area (Å²) in [4.78, 5) is 29.4. The topological polar surface area (TPSA) is 107 Å². The number of ether oxygens (including phenoxy) is 1. The summed E-state index contributed by atoms with van der Waals surface area (Å²) in [6, 6.07) is 5.40. The van der Waals surface area contributed by atoms with Crippen molar-refractivity contribution in [3.63, 3.8) is 0 Å². The zero-order chi connectivity index (χ0) is 15.9. The number of aromatic nitrogens is 4. The molecule has 2 aromatic heterocycles. The lowest BCUT2D eigenvalue weighted by molar-refractivity contribution is -0.139. The summed E-state index contributed by atoms with van der Waals surface area (Å²) in [6.07, 6.45) is 4.50. The third kappa shape index (κ3) is 4.51. The number of hydrogen-bond acceptors (Lipinski definition) is 8. The summed E-state index contributed by atoms with van der Waals surface area (Å²) in [5.41, 5.74) is 6.25. The van der Waals surface area contributed by atoms with Crippen LogP contribution in [0, 0.1) is 0 Å². The molecule has 2 rings (SSSR count). The number of nitrogen functional groups attached to an aromatic ring is 1. The lowest BCUT2D eigenvalue weighted by Crippen LogP contribution is -2.17. The van der Waals surface area contributed by atoms with Crippen molar-refractivity contribution in [1.29, 1.82) is 0 Å². The van der Waals surface area contributed by atoms with Gasteiger partial charge in [-0.2, -0.15) is 15.0 Å². The monoisotopic (exact) mass is 300 g/mol. The first-order chi connectivity index (χ1) is 10.5. The van der Waals surface area contributed by atoms with E-state index in [-0.39, 0.29) is 18.4 Å². The Morgan fingerprint density at radius 3 is 2.82 bits per heavy atom. The van der Waals surface area contributed by atoms with E-state index in [2.05, 4.69) is 19.9 Å². The third-order valence-corrected chi connectivity index (χ3v) is 2.51. The SMILES string of the molecule is CN(C)c1nc(N)nc(COC(=O)/C=C/c2ccccn2)n1. The van der Waals surface area contributed by atoms with E-state index in [9.17, 15) is 4.79 Å². The maximum atomic E-state index is 11.6. The molecule has 2 aromatic rings. The predicted molar refractivity (Wildman–Crippen MR) is 81.6 cm³/mol. The van der Waals surface area contributed by atoms with Crippen LogP contribution in [0.3, 0.4) is 0 Å². The van der Waals surface area contributed by atoms with Gasteiger partial charge in [-0.1, -0.05) is 6.07 Å². The standard InChI is InChI=1S/C14H16N6O2/c1-20(2)14-18-11(17-13(15)19-14)9-22-12(21)7-6-10-5-3-4-8-16-10/h3-8H,9H2,1-2H3,(H2,15,17,18,19)/b7-6+. The van der Waals surface area contributed by atoms with Gasteiger partial charge in [-0.15, -0.1) is 0 Å². The number of pyridine rings is 1. The lowest BCUT2D eigenvalue weighted by atomic mass is 10.3. The zero-order valence-corrected chi connectivity index (χ0v) is 12.3. The molecule has 0 saturated heterocycles. The lowest BCUT2D eigenvalue weighted by Gasteiger charge is -2.11. The Hall–Kier alpha value is -3.03. The van der Waals surface area contributed by atoms with E-state index in [1.807, 2.05) is 6.07 Å². The third-order valence-electron chi connectivity index (χ3n) is 2.51. The molecule has 2 heterocycles. The van der Waals surface area contributed by atoms with Crippen molar-refractivity contribution in [2.24, 2.45) is 0 Å². The highest BCUT2D eigenvalue weighted by atomic mass is 16.5. The molecule has 0 saturated carbocycles. The predicted octanol–water partition coefficient (Wildman–Crippen LogP) is 0.671. The summed E-state index contributed by atoms with van der Waals surface area (Å²) in [6.45, 7) is -0.0844. The van der Waals surface area contributed by atoms with Crippen LogP contribution in [0.1, 0.15) is 11.5 Å². The number of hydrogen-bond donors (Lipinski definition) is 1. The molecule has 0 radical (unpaired) electrons. The van der Waals surface area contributed by atoms with Crippen LogP contribution in [0.2, 0.25) is 0 Å². The van der Waals surface area contributed by atoms with Crippen molar-refractivity contribution >= 4 is 23.9 Å². The summed E-state index contributed by atoms with van der Waals surface area (Å²) in [5, 5.41) is 0. The van der Waals surface area contributed by atoms with E-state index in [1.165, 1.54) is 6.08 Å². The maximum absolute atomic E-state index is 11.6. The average molecular weight is 300 g/mol. The Labute approximate surface area is 127 Å². The van der Waals surface area contributed by atoms with Gasteiger partial charge in [0.25, 0.3) is 0 Å². The molecule has 0 aliphatic heterocycles. The van der Waals surface area contributed by atoms with Gasteiger partial charge in [0.05, 0.1) is 5.69 Å². The molecule has 0 unspecified atom stereocenters. The molecule has 8 heteroatoms. The van der Waals surface area contributed by atoms with Crippen molar-refractivity contribution in [1.82, 2.24) is 19.9 Å². The summed E-state index contributed by atoms with van der Waals surface area (Å²) < 4.78 is 5.06. The minimum Gasteiger partial charge on any atom is -0.454 e. The van der Waals surface area contributed by atoms with Crippen LogP contribution in [0.4, 0.5) is 11.9 Å². The van der Waals surface area contributed by atoms with E-state index in [0.717, 1.165) is 0 Å². The number of esters is 1. The molecule has 0 spiro atoms. The fourth-order valence-electron chi connectivity index (χ4n) is 1.50. The van der Waals surface area contributed by atoms with Crippen molar-refractivity contribution in [3.05, 3.63) is 42.0 Å². The first kappa shape index (κ1) is 15.4. The van der Waals surface area contributed by atoms with Crippen molar-refractivity contribution in [2.45, 2.75) is 6.61 Å². The minimum atomic E-state index is -0.518. The summed E-state index contributed by atoms with van der Waals surface area (Å²) >= 11 is 0. The Balaban J connectivity index is 1.95. The average Bonchev–Trinajstić information content (AvgIpc) is 2.51. The van der Waals surface area contributed by atoms with Crippen LogP contribution in [0.15, 0.2) is 30.5 Å². The molecule has 8 nitrogen and oxygen atoms in total. The molecule has 0 aromatic carbocycles. The molecule has 0 fully saturated rings. The molecule has 2 N–H and O–H groups in total. The van der Waals surface area contributed by atoms with Crippen LogP contribution >= 0.6 is 0 Å². The largest absolute Gasteiger partial charge is 0.454 e. The highest BCUT2D eigenvalue weighted by Gasteiger charge is 2.08. The van der Waals surface area contributed by atoms with Crippen molar-refractivity contribution in [3.8, 4) is 0 Å². The maximum Gasteiger partial charge on any atom is 0.331 e. The Morgan fingerprint density at radius 2 is 2.14 bits per heavy atom. The molecule has 0 aliphatic rings. The zero-order valence-electron chi connectivity index (χ0n) is 12.3. The normalized spacial score (nSPS) is 10.6. The second-order valence-corrected chi connectivity index (χ2v) is 4.50. The number of nitrogens with zero attached hydrogens (tertiary/aromatic N) is 5. The Morgan fingerprint density at radius 1 is 1.32 bits per heavy atom. The van der Waals surface area contributed by atoms with Crippen molar-refractivity contribution in [2.75, 3.05) is 24.7 Å². The fraction of sp³-hybridized carbons (Fsp3) is 0.214. The molecule has 114 valence electrons. The quantitative estimate of drug-likeness (QED) is 0.634. The number of carbonyl (C=O) groups excluding carboxylic acids is 1. The Bertz CT molecular complexity index is 672. The van der Waals surface area contributed by atoms with Gasteiger partial charge in [0.1, 0.15) is 0 Å². The molecule has 0 amide bonds. The van der Waals surface area contributed by atoms with Crippen LogP contribution in [0.25, 0.3) is 6.08 Å². The van der Waals surface area contributed by atoms with Gasteiger partial charge in [0.2, 0.25) is 11.9 Å². The first-order valence-corrected chi connectivity index (χ1v) is 6.48. The van der Waals surface area contributed by atoms with Gasteiger partial charge in [0, 0.05) is 26.4 Å². The molecule has 0 atom stereocenters. The number of anilines is 2. The fourth-order valence-corrected chi connectivity index (χ4v) is 1.50. The second kappa shape index (κ2) is 7.11. The summed E-state index contributed by atoms with van der Waals surface area (Å²) in [7, 11) is 3.56. The molecule has 0 aliphatic carbocycles. The van der Waals surface area contributed by atoms with Gasteiger partial charge >= 0.3 is 5.97 Å². The van der Waals surface area contributed by atoms with E-state index in [4.69, 9.17) is 10.5 Å². The first-order valence-electron chi connectivity index (χ1n) is 6.48. The van der Waals surface area contributed by atoms with Crippen LogP contribution < -0.4 is 10.6 Å². The van der Waals surface area contributed by atoms with E-state index in [1.54, 1.807) is 43.4 Å². The van der Waals surface area contributed by atoms with Gasteiger partial charge in [-0.25, -0.2) is 4.79 Å². The van der Waals surface area contributed by atoms with Gasteiger partial charge in [-0.3, -0.25) is 4.98 Å². The highest BCUT2D eigenvalue weighted by molar-refractivity contribution is 5.86. The Kier molecular flexibility index (Phi) is 4.97. The van der Waals surface area contributed by atoms with E-state index >= 15 is 0 Å². The molecule has 22 heavy (non-hydrogen) atoms. The second-order valence-electron chi connectivity index (χ2n) is 4.50. The molecular weight excluding hydrogens is 284 g/mol. The molecule has 0 bridgehead atoms. The van der Waals surface area contributed by atoms with Crippen molar-refractivity contribution < 1.29 is 9.53 Å². The number of rotatable bonds is 5. The number of nitrogens with two attached hydrogens (primary N) is 1. The highest BCUT2D eigenvalue weighted by Crippen LogP contribution is 2.06.